The summed E-state index contributed by atoms with van der Waals surface area (Å²) in [6.45, 7) is 4.35. The van der Waals surface area contributed by atoms with E-state index in [0.717, 1.165) is 12.1 Å². The number of nitrogens with one attached hydrogen (secondary N) is 1. The quantitative estimate of drug-likeness (QED) is 0.680. The normalized spacial score (nSPS) is 12.1. The van der Waals surface area contributed by atoms with E-state index in [1.807, 2.05) is 6.07 Å². The fourth-order valence-electron chi connectivity index (χ4n) is 1.98. The van der Waals surface area contributed by atoms with Crippen molar-refractivity contribution in [3.8, 4) is 0 Å². The number of anilines is 1. The van der Waals surface area contributed by atoms with E-state index in [1.165, 1.54) is 25.7 Å². The van der Waals surface area contributed by atoms with E-state index in [9.17, 15) is 4.79 Å². The Hall–Kier alpha value is -1.51. The predicted octanol–water partition coefficient (Wildman–Crippen LogP) is 4.16. The van der Waals surface area contributed by atoms with Crippen molar-refractivity contribution in [1.29, 1.82) is 0 Å². The van der Waals surface area contributed by atoms with Gasteiger partial charge in [0.25, 0.3) is 0 Å². The number of carboxylic acids is 1. The van der Waals surface area contributed by atoms with E-state index in [4.69, 9.17) is 5.11 Å². The van der Waals surface area contributed by atoms with Gasteiger partial charge in [-0.25, -0.2) is 4.79 Å². The standard InChI is InChI=1S/C15H23NO2/c1-3-4-5-6-8-12(2)16-14-10-7-9-13(11-14)15(17)18/h7,9-12,16H,3-6,8H2,1-2H3,(H,17,18). The fraction of sp³-hybridized carbons (Fsp3) is 0.533. The molecule has 100 valence electrons. The number of aromatic carboxylic acids is 1. The minimum absolute atomic E-state index is 0.332. The maximum Gasteiger partial charge on any atom is 0.335 e. The third-order valence-electron chi connectivity index (χ3n) is 3.01. The molecule has 0 aromatic heterocycles. The lowest BCUT2D eigenvalue weighted by molar-refractivity contribution is 0.0697. The van der Waals surface area contributed by atoms with E-state index in [0.29, 0.717) is 11.6 Å². The smallest absolute Gasteiger partial charge is 0.335 e. The second-order valence-corrected chi connectivity index (χ2v) is 4.78. The first-order chi connectivity index (χ1) is 8.63. The maximum absolute atomic E-state index is 10.9. The molecule has 0 radical (unpaired) electrons. The molecule has 1 unspecified atom stereocenters. The number of hydrogen-bond donors (Lipinski definition) is 2. The molecule has 0 aliphatic rings. The number of rotatable bonds is 8. The van der Waals surface area contributed by atoms with Crippen LogP contribution in [-0.4, -0.2) is 17.1 Å². The molecule has 18 heavy (non-hydrogen) atoms. The molecule has 0 aliphatic heterocycles. The molecule has 1 aromatic rings. The van der Waals surface area contributed by atoms with Crippen LogP contribution >= 0.6 is 0 Å². The van der Waals surface area contributed by atoms with Gasteiger partial charge in [-0.15, -0.1) is 0 Å². The first-order valence-corrected chi connectivity index (χ1v) is 6.73. The van der Waals surface area contributed by atoms with Crippen molar-refractivity contribution in [1.82, 2.24) is 0 Å². The Kier molecular flexibility index (Phi) is 6.26. The summed E-state index contributed by atoms with van der Waals surface area (Å²) in [5, 5.41) is 12.3. The molecule has 0 saturated heterocycles. The molecular formula is C15H23NO2. The summed E-state index contributed by atoms with van der Waals surface area (Å²) >= 11 is 0. The molecule has 0 bridgehead atoms. The van der Waals surface area contributed by atoms with Gasteiger partial charge in [0.2, 0.25) is 0 Å². The van der Waals surface area contributed by atoms with Gasteiger partial charge in [-0.05, 0) is 31.5 Å². The molecule has 0 aliphatic carbocycles. The van der Waals surface area contributed by atoms with Crippen LogP contribution in [0, 0.1) is 0 Å². The molecule has 1 aromatic carbocycles. The van der Waals surface area contributed by atoms with Gasteiger partial charge in [0, 0.05) is 11.7 Å². The van der Waals surface area contributed by atoms with E-state index < -0.39 is 5.97 Å². The first-order valence-electron chi connectivity index (χ1n) is 6.73. The predicted molar refractivity (Wildman–Crippen MR) is 75.2 cm³/mol. The second kappa shape index (κ2) is 7.75. The van der Waals surface area contributed by atoms with Crippen LogP contribution in [-0.2, 0) is 0 Å². The summed E-state index contributed by atoms with van der Waals surface area (Å²) in [4.78, 5) is 10.9. The highest BCUT2D eigenvalue weighted by Gasteiger charge is 2.05. The van der Waals surface area contributed by atoms with Crippen molar-refractivity contribution < 1.29 is 9.90 Å². The van der Waals surface area contributed by atoms with Crippen LogP contribution in [0.3, 0.4) is 0 Å². The molecular weight excluding hydrogens is 226 g/mol. The lowest BCUT2D eigenvalue weighted by Gasteiger charge is -2.15. The Morgan fingerprint density at radius 1 is 1.33 bits per heavy atom. The lowest BCUT2D eigenvalue weighted by atomic mass is 10.1. The van der Waals surface area contributed by atoms with Crippen LogP contribution in [0.4, 0.5) is 5.69 Å². The van der Waals surface area contributed by atoms with Crippen LogP contribution in [0.2, 0.25) is 0 Å². The number of benzene rings is 1. The zero-order chi connectivity index (χ0) is 13.4. The van der Waals surface area contributed by atoms with Crippen molar-refractivity contribution in [3.63, 3.8) is 0 Å². The summed E-state index contributed by atoms with van der Waals surface area (Å²) in [5.74, 6) is -0.880. The summed E-state index contributed by atoms with van der Waals surface area (Å²) in [5.41, 5.74) is 1.22. The molecule has 3 nitrogen and oxygen atoms in total. The number of carbonyl (C=O) groups is 1. The first kappa shape index (κ1) is 14.6. The van der Waals surface area contributed by atoms with Gasteiger partial charge in [0.15, 0.2) is 0 Å². The minimum Gasteiger partial charge on any atom is -0.478 e. The van der Waals surface area contributed by atoms with Crippen molar-refractivity contribution in [2.45, 2.75) is 52.0 Å². The van der Waals surface area contributed by atoms with Crippen molar-refractivity contribution in [2.24, 2.45) is 0 Å². The Morgan fingerprint density at radius 3 is 2.78 bits per heavy atom. The molecule has 0 spiro atoms. The third kappa shape index (κ3) is 5.21. The van der Waals surface area contributed by atoms with Gasteiger partial charge >= 0.3 is 5.97 Å². The Bertz CT molecular complexity index is 377. The van der Waals surface area contributed by atoms with Crippen molar-refractivity contribution >= 4 is 11.7 Å². The second-order valence-electron chi connectivity index (χ2n) is 4.78. The van der Waals surface area contributed by atoms with Gasteiger partial charge < -0.3 is 10.4 Å². The summed E-state index contributed by atoms with van der Waals surface area (Å²) in [7, 11) is 0. The molecule has 0 saturated carbocycles. The SMILES string of the molecule is CCCCCCC(C)Nc1cccc(C(=O)O)c1. The van der Waals surface area contributed by atoms with E-state index in [2.05, 4.69) is 19.2 Å². The monoisotopic (exact) mass is 249 g/mol. The molecule has 1 atom stereocenters. The maximum atomic E-state index is 10.9. The van der Waals surface area contributed by atoms with Gasteiger partial charge in [-0.2, -0.15) is 0 Å². The number of carboxylic acid groups (broad SMARTS) is 1. The Morgan fingerprint density at radius 2 is 2.11 bits per heavy atom. The van der Waals surface area contributed by atoms with Gasteiger partial charge in [0.1, 0.15) is 0 Å². The minimum atomic E-state index is -0.880. The van der Waals surface area contributed by atoms with E-state index >= 15 is 0 Å². The topological polar surface area (TPSA) is 49.3 Å². The average molecular weight is 249 g/mol. The van der Waals surface area contributed by atoms with Gasteiger partial charge in [-0.3, -0.25) is 0 Å². The summed E-state index contributed by atoms with van der Waals surface area (Å²) < 4.78 is 0. The van der Waals surface area contributed by atoms with Crippen molar-refractivity contribution in [2.75, 3.05) is 5.32 Å². The largest absolute Gasteiger partial charge is 0.478 e. The number of hydrogen-bond acceptors (Lipinski definition) is 2. The molecule has 3 heteroatoms. The van der Waals surface area contributed by atoms with E-state index in [-0.39, 0.29) is 0 Å². The number of unbranched alkanes of at least 4 members (excludes halogenated alkanes) is 3. The summed E-state index contributed by atoms with van der Waals surface area (Å²) in [6.07, 6.45) is 6.17. The molecule has 0 amide bonds. The molecule has 0 fully saturated rings. The molecule has 0 heterocycles. The molecule has 1 rings (SSSR count). The summed E-state index contributed by atoms with van der Waals surface area (Å²) in [6, 6.07) is 7.36. The Balaban J connectivity index is 2.41. The zero-order valence-corrected chi connectivity index (χ0v) is 11.3. The van der Waals surface area contributed by atoms with Crippen LogP contribution < -0.4 is 5.32 Å². The van der Waals surface area contributed by atoms with E-state index in [1.54, 1.807) is 18.2 Å². The van der Waals surface area contributed by atoms with Crippen molar-refractivity contribution in [3.05, 3.63) is 29.8 Å². The fourth-order valence-corrected chi connectivity index (χ4v) is 1.98. The van der Waals surface area contributed by atoms with Crippen LogP contribution in [0.1, 0.15) is 56.3 Å². The lowest BCUT2D eigenvalue weighted by Crippen LogP contribution is -2.15. The van der Waals surface area contributed by atoms with Crippen LogP contribution in [0.25, 0.3) is 0 Å². The highest BCUT2D eigenvalue weighted by Crippen LogP contribution is 2.14. The highest BCUT2D eigenvalue weighted by molar-refractivity contribution is 5.88. The Labute approximate surface area is 109 Å². The van der Waals surface area contributed by atoms with Crippen LogP contribution in [0.5, 0.6) is 0 Å². The van der Waals surface area contributed by atoms with Crippen LogP contribution in [0.15, 0.2) is 24.3 Å². The average Bonchev–Trinajstić information content (AvgIpc) is 2.35. The molecule has 2 N–H and O–H groups in total. The third-order valence-corrected chi connectivity index (χ3v) is 3.01. The highest BCUT2D eigenvalue weighted by atomic mass is 16.4. The zero-order valence-electron chi connectivity index (χ0n) is 11.3. The van der Waals surface area contributed by atoms with Gasteiger partial charge in [0.05, 0.1) is 5.56 Å². The van der Waals surface area contributed by atoms with Gasteiger partial charge in [-0.1, -0.05) is 38.7 Å².